The number of hydrogen-bond donors (Lipinski definition) is 1. The highest BCUT2D eigenvalue weighted by Gasteiger charge is 2.45. The number of aromatic nitrogens is 1. The highest BCUT2D eigenvalue weighted by molar-refractivity contribution is 7.13. The van der Waals surface area contributed by atoms with E-state index in [2.05, 4.69) is 24.1 Å². The van der Waals surface area contributed by atoms with Crippen LogP contribution < -0.4 is 5.32 Å². The second-order valence-electron chi connectivity index (χ2n) is 6.38. The minimum Gasteiger partial charge on any atom is -0.439 e. The monoisotopic (exact) mass is 323 g/mol. The Kier molecular flexibility index (Phi) is 3.84. The number of likely N-dealkylation sites (tertiary alicyclic amines) is 1. The Morgan fingerprint density at radius 3 is 2.86 bits per heavy atom. The lowest BCUT2D eigenvalue weighted by Gasteiger charge is -2.38. The number of ether oxygens (including phenoxy) is 1. The van der Waals surface area contributed by atoms with Gasteiger partial charge in [0.1, 0.15) is 10.5 Å². The van der Waals surface area contributed by atoms with Gasteiger partial charge in [0.05, 0.1) is 23.8 Å². The van der Waals surface area contributed by atoms with Gasteiger partial charge < -0.3 is 15.0 Å². The largest absolute Gasteiger partial charge is 0.439 e. The number of carbonyl (C=O) groups is 2. The molecule has 2 amide bonds. The van der Waals surface area contributed by atoms with Gasteiger partial charge in [0.15, 0.2) is 0 Å². The Bertz CT molecular complexity index is 613. The number of rotatable bonds is 2. The minimum atomic E-state index is -0.551. The molecule has 1 N–H and O–H groups in total. The summed E-state index contributed by atoms with van der Waals surface area (Å²) in [6.45, 7) is 7.67. The molecule has 2 saturated heterocycles. The van der Waals surface area contributed by atoms with Crippen LogP contribution in [0.2, 0.25) is 0 Å². The molecule has 1 aromatic heterocycles. The van der Waals surface area contributed by atoms with Crippen molar-refractivity contribution in [2.45, 2.75) is 45.1 Å². The maximum atomic E-state index is 12.8. The lowest BCUT2D eigenvalue weighted by molar-refractivity contribution is -0.00490. The van der Waals surface area contributed by atoms with E-state index in [9.17, 15) is 9.59 Å². The van der Waals surface area contributed by atoms with E-state index >= 15 is 0 Å². The summed E-state index contributed by atoms with van der Waals surface area (Å²) in [6, 6.07) is 0. The zero-order valence-electron chi connectivity index (χ0n) is 13.1. The Morgan fingerprint density at radius 1 is 1.50 bits per heavy atom. The molecular formula is C15H21N3O3S. The van der Waals surface area contributed by atoms with Gasteiger partial charge in [-0.2, -0.15) is 0 Å². The van der Waals surface area contributed by atoms with Crippen molar-refractivity contribution in [3.8, 4) is 0 Å². The smallest absolute Gasteiger partial charge is 0.407 e. The molecule has 0 aliphatic carbocycles. The highest BCUT2D eigenvalue weighted by Crippen LogP contribution is 2.31. The zero-order chi connectivity index (χ0) is 15.9. The average Bonchev–Trinajstić information content (AvgIpc) is 3.02. The molecule has 7 heteroatoms. The maximum absolute atomic E-state index is 12.8. The van der Waals surface area contributed by atoms with Gasteiger partial charge in [-0.15, -0.1) is 11.3 Å². The number of aryl methyl sites for hydroxylation is 1. The Morgan fingerprint density at radius 2 is 2.27 bits per heavy atom. The predicted molar refractivity (Wildman–Crippen MR) is 83.3 cm³/mol. The molecular weight excluding hydrogens is 302 g/mol. The zero-order valence-corrected chi connectivity index (χ0v) is 14.0. The van der Waals surface area contributed by atoms with Crippen LogP contribution in [-0.4, -0.2) is 47.1 Å². The maximum Gasteiger partial charge on any atom is 0.407 e. The number of hydrogen-bond acceptors (Lipinski definition) is 5. The van der Waals surface area contributed by atoms with Gasteiger partial charge >= 0.3 is 6.09 Å². The molecule has 2 aliphatic heterocycles. The summed E-state index contributed by atoms with van der Waals surface area (Å²) >= 11 is 1.48. The molecule has 1 unspecified atom stereocenters. The summed E-state index contributed by atoms with van der Waals surface area (Å²) < 4.78 is 5.42. The van der Waals surface area contributed by atoms with Crippen LogP contribution in [0.25, 0.3) is 0 Å². The van der Waals surface area contributed by atoms with Gasteiger partial charge in [0.2, 0.25) is 0 Å². The van der Waals surface area contributed by atoms with E-state index in [4.69, 9.17) is 4.74 Å². The van der Waals surface area contributed by atoms with E-state index < -0.39 is 5.60 Å². The fourth-order valence-electron chi connectivity index (χ4n) is 3.01. The van der Waals surface area contributed by atoms with E-state index in [0.29, 0.717) is 30.4 Å². The van der Waals surface area contributed by atoms with Gasteiger partial charge in [0, 0.05) is 12.5 Å². The van der Waals surface area contributed by atoms with Gasteiger partial charge in [-0.05, 0) is 19.8 Å². The van der Waals surface area contributed by atoms with E-state index in [1.807, 2.05) is 6.92 Å². The normalized spacial score (nSPS) is 24.7. The number of carbonyl (C=O) groups excluding carboxylic acids is 2. The van der Waals surface area contributed by atoms with Crippen LogP contribution in [0.15, 0.2) is 0 Å². The summed E-state index contributed by atoms with van der Waals surface area (Å²) in [7, 11) is 0. The van der Waals surface area contributed by atoms with Crippen molar-refractivity contribution < 1.29 is 14.3 Å². The fourth-order valence-corrected chi connectivity index (χ4v) is 4.04. The SMILES string of the molecule is Cc1nc(C(C)C)sc1C(=O)N1CCCC2(CNC(=O)O2)C1. The van der Waals surface area contributed by atoms with Crippen LogP contribution in [-0.2, 0) is 4.74 Å². The third-order valence-electron chi connectivity index (χ3n) is 4.19. The highest BCUT2D eigenvalue weighted by atomic mass is 32.1. The van der Waals surface area contributed by atoms with Crippen molar-refractivity contribution >= 4 is 23.3 Å². The van der Waals surface area contributed by atoms with Crippen LogP contribution >= 0.6 is 11.3 Å². The summed E-state index contributed by atoms with van der Waals surface area (Å²) in [6.07, 6.45) is 1.26. The third kappa shape index (κ3) is 2.69. The molecule has 3 rings (SSSR count). The molecule has 6 nitrogen and oxygen atoms in total. The molecule has 3 heterocycles. The van der Waals surface area contributed by atoms with Gasteiger partial charge in [0.25, 0.3) is 5.91 Å². The lowest BCUT2D eigenvalue weighted by atomic mass is 9.93. The van der Waals surface area contributed by atoms with Crippen molar-refractivity contribution in [3.63, 3.8) is 0 Å². The number of piperidine rings is 1. The van der Waals surface area contributed by atoms with E-state index in [-0.39, 0.29) is 12.0 Å². The summed E-state index contributed by atoms with van der Waals surface area (Å²) in [4.78, 5) is 31.2. The van der Waals surface area contributed by atoms with Crippen LogP contribution in [0.5, 0.6) is 0 Å². The van der Waals surface area contributed by atoms with Crippen molar-refractivity contribution in [3.05, 3.63) is 15.6 Å². The van der Waals surface area contributed by atoms with E-state index in [0.717, 1.165) is 23.5 Å². The number of nitrogens with one attached hydrogen (secondary N) is 1. The van der Waals surface area contributed by atoms with Gasteiger partial charge in [-0.3, -0.25) is 4.79 Å². The standard InChI is InChI=1S/C15H21N3O3S/c1-9(2)12-17-10(3)11(22-12)13(19)18-6-4-5-15(8-18)7-16-14(20)21-15/h9H,4-8H2,1-3H3,(H,16,20). The summed E-state index contributed by atoms with van der Waals surface area (Å²) in [5, 5.41) is 3.69. The number of amides is 2. The molecule has 0 radical (unpaired) electrons. The van der Waals surface area contributed by atoms with Crippen LogP contribution in [0.1, 0.15) is 53.0 Å². The van der Waals surface area contributed by atoms with Crippen molar-refractivity contribution in [2.24, 2.45) is 0 Å². The van der Waals surface area contributed by atoms with Crippen LogP contribution in [0.4, 0.5) is 4.79 Å². The topological polar surface area (TPSA) is 71.5 Å². The number of thiazole rings is 1. The second-order valence-corrected chi connectivity index (χ2v) is 7.41. The molecule has 0 bridgehead atoms. The predicted octanol–water partition coefficient (Wildman–Crippen LogP) is 2.29. The number of alkyl carbamates (subject to hydrolysis) is 1. The van der Waals surface area contributed by atoms with Gasteiger partial charge in [-0.25, -0.2) is 9.78 Å². The van der Waals surface area contributed by atoms with Crippen LogP contribution in [0, 0.1) is 6.92 Å². The Balaban J connectivity index is 1.79. The minimum absolute atomic E-state index is 0.00363. The second kappa shape index (κ2) is 5.53. The first kappa shape index (κ1) is 15.3. The Hall–Kier alpha value is -1.63. The first-order chi connectivity index (χ1) is 10.4. The van der Waals surface area contributed by atoms with E-state index in [1.165, 1.54) is 11.3 Å². The van der Waals surface area contributed by atoms with Gasteiger partial charge in [-0.1, -0.05) is 13.8 Å². The lowest BCUT2D eigenvalue weighted by Crippen LogP contribution is -2.52. The number of nitrogens with zero attached hydrogens (tertiary/aromatic N) is 2. The van der Waals surface area contributed by atoms with Crippen molar-refractivity contribution in [2.75, 3.05) is 19.6 Å². The average molecular weight is 323 g/mol. The third-order valence-corrected chi connectivity index (χ3v) is 5.64. The first-order valence-electron chi connectivity index (χ1n) is 7.64. The summed E-state index contributed by atoms with van der Waals surface area (Å²) in [5.74, 6) is 0.321. The molecule has 1 aromatic rings. The molecule has 0 saturated carbocycles. The fraction of sp³-hybridized carbons (Fsp3) is 0.667. The molecule has 1 atom stereocenters. The molecule has 2 aliphatic rings. The van der Waals surface area contributed by atoms with Crippen molar-refractivity contribution in [1.82, 2.24) is 15.2 Å². The quantitative estimate of drug-likeness (QED) is 0.906. The molecule has 2 fully saturated rings. The summed E-state index contributed by atoms with van der Waals surface area (Å²) in [5.41, 5.74) is 0.240. The first-order valence-corrected chi connectivity index (χ1v) is 8.45. The molecule has 22 heavy (non-hydrogen) atoms. The van der Waals surface area contributed by atoms with E-state index in [1.54, 1.807) is 4.90 Å². The molecule has 120 valence electrons. The van der Waals surface area contributed by atoms with Crippen molar-refractivity contribution in [1.29, 1.82) is 0 Å². The Labute approximate surface area is 133 Å². The molecule has 1 spiro atoms. The van der Waals surface area contributed by atoms with Crippen LogP contribution in [0.3, 0.4) is 0 Å². The molecule has 0 aromatic carbocycles.